The molecule has 1 aromatic carbocycles. The predicted molar refractivity (Wildman–Crippen MR) is 77.1 cm³/mol. The molecular formula is C13H14Cl2N2O3. The summed E-state index contributed by atoms with van der Waals surface area (Å²) >= 11 is 11.6. The zero-order chi connectivity index (χ0) is 14.9. The molecule has 1 aliphatic rings. The second-order valence-electron chi connectivity index (χ2n) is 4.78. The number of nitrogens with zero attached hydrogens (tertiary/aromatic N) is 1. The number of piperidine rings is 1. The molecule has 1 atom stereocenters. The predicted octanol–water partition coefficient (Wildman–Crippen LogP) is 2.51. The minimum atomic E-state index is -0.356. The number of carbonyl (C=O) groups is 2. The number of benzene rings is 1. The first kappa shape index (κ1) is 14.9. The molecule has 0 spiro atoms. The number of phenolic OH excluding ortho intramolecular Hbond substituents is 1. The highest BCUT2D eigenvalue weighted by atomic mass is 35.5. The Morgan fingerprint density at radius 3 is 2.55 bits per heavy atom. The van der Waals surface area contributed by atoms with Crippen LogP contribution in [0.25, 0.3) is 0 Å². The molecule has 0 saturated carbocycles. The summed E-state index contributed by atoms with van der Waals surface area (Å²) in [6, 6.07) is 2.83. The van der Waals surface area contributed by atoms with Crippen LogP contribution in [0, 0.1) is 5.92 Å². The summed E-state index contributed by atoms with van der Waals surface area (Å²) in [5, 5.41) is 12.2. The maximum absolute atomic E-state index is 12.1. The van der Waals surface area contributed by atoms with E-state index >= 15 is 0 Å². The topological polar surface area (TPSA) is 69.6 Å². The molecule has 1 aromatic rings. The van der Waals surface area contributed by atoms with Crippen LogP contribution in [-0.4, -0.2) is 35.4 Å². The molecule has 1 aliphatic heterocycles. The minimum absolute atomic E-state index is 0.0434. The van der Waals surface area contributed by atoms with Gasteiger partial charge in [0.15, 0.2) is 5.75 Å². The van der Waals surface area contributed by atoms with Gasteiger partial charge in [-0.25, -0.2) is 0 Å². The van der Waals surface area contributed by atoms with Crippen LogP contribution < -0.4 is 5.32 Å². The summed E-state index contributed by atoms with van der Waals surface area (Å²) in [5.74, 6) is -0.867. The zero-order valence-electron chi connectivity index (χ0n) is 10.8. The first-order valence-electron chi connectivity index (χ1n) is 6.11. The standard InChI is InChI=1S/C13H14Cl2N2O3/c1-17-3-2-7(4-11(17)18)13(20)16-8-5-9(14)12(19)10(15)6-8/h5-7,19H,2-4H2,1H3,(H,16,20)/t7-/m0/s1. The molecule has 20 heavy (non-hydrogen) atoms. The first-order chi connectivity index (χ1) is 9.38. The molecule has 2 N–H and O–H groups in total. The van der Waals surface area contributed by atoms with Gasteiger partial charge in [0, 0.05) is 31.6 Å². The van der Waals surface area contributed by atoms with Crippen LogP contribution in [0.4, 0.5) is 5.69 Å². The van der Waals surface area contributed by atoms with Crippen molar-refractivity contribution >= 4 is 40.7 Å². The van der Waals surface area contributed by atoms with Gasteiger partial charge >= 0.3 is 0 Å². The van der Waals surface area contributed by atoms with E-state index in [1.54, 1.807) is 11.9 Å². The summed E-state index contributed by atoms with van der Waals surface area (Å²) in [5.41, 5.74) is 0.397. The van der Waals surface area contributed by atoms with Gasteiger partial charge < -0.3 is 15.3 Å². The van der Waals surface area contributed by atoms with Crippen molar-refractivity contribution in [2.45, 2.75) is 12.8 Å². The highest BCUT2D eigenvalue weighted by Gasteiger charge is 2.28. The number of rotatable bonds is 2. The third-order valence-electron chi connectivity index (χ3n) is 3.31. The maximum Gasteiger partial charge on any atom is 0.228 e. The van der Waals surface area contributed by atoms with Crippen molar-refractivity contribution in [2.75, 3.05) is 18.9 Å². The molecule has 0 unspecified atom stereocenters. The monoisotopic (exact) mass is 316 g/mol. The van der Waals surface area contributed by atoms with E-state index in [0.29, 0.717) is 18.7 Å². The van der Waals surface area contributed by atoms with E-state index in [0.717, 1.165) is 0 Å². The fraction of sp³-hybridized carbons (Fsp3) is 0.385. The van der Waals surface area contributed by atoms with E-state index in [9.17, 15) is 14.7 Å². The number of amides is 2. The molecule has 1 fully saturated rings. The summed E-state index contributed by atoms with van der Waals surface area (Å²) in [4.78, 5) is 25.3. The van der Waals surface area contributed by atoms with Gasteiger partial charge in [0.25, 0.3) is 0 Å². The van der Waals surface area contributed by atoms with Gasteiger partial charge in [0.05, 0.1) is 10.0 Å². The summed E-state index contributed by atoms with van der Waals surface area (Å²) in [6.07, 6.45) is 0.815. The Balaban J connectivity index is 2.07. The largest absolute Gasteiger partial charge is 0.505 e. The van der Waals surface area contributed by atoms with Gasteiger partial charge in [0.2, 0.25) is 11.8 Å². The molecule has 5 nitrogen and oxygen atoms in total. The molecule has 2 rings (SSSR count). The Hall–Kier alpha value is -1.46. The SMILES string of the molecule is CN1CC[C@H](C(=O)Nc2cc(Cl)c(O)c(Cl)c2)CC1=O. The molecule has 0 radical (unpaired) electrons. The number of nitrogens with one attached hydrogen (secondary N) is 1. The van der Waals surface area contributed by atoms with Gasteiger partial charge in [-0.2, -0.15) is 0 Å². The van der Waals surface area contributed by atoms with Crippen molar-refractivity contribution in [1.29, 1.82) is 0 Å². The number of hydrogen-bond donors (Lipinski definition) is 2. The average molecular weight is 317 g/mol. The Morgan fingerprint density at radius 1 is 1.40 bits per heavy atom. The van der Waals surface area contributed by atoms with Crippen molar-refractivity contribution < 1.29 is 14.7 Å². The maximum atomic E-state index is 12.1. The lowest BCUT2D eigenvalue weighted by atomic mass is 9.95. The number of carbonyl (C=O) groups excluding carboxylic acids is 2. The van der Waals surface area contributed by atoms with Crippen molar-refractivity contribution in [1.82, 2.24) is 4.90 Å². The lowest BCUT2D eigenvalue weighted by Crippen LogP contribution is -2.39. The summed E-state index contributed by atoms with van der Waals surface area (Å²) in [6.45, 7) is 0.564. The number of hydrogen-bond acceptors (Lipinski definition) is 3. The average Bonchev–Trinajstić information content (AvgIpc) is 2.39. The fourth-order valence-electron chi connectivity index (χ4n) is 2.05. The third kappa shape index (κ3) is 3.16. The molecule has 108 valence electrons. The number of anilines is 1. The number of likely N-dealkylation sites (tertiary alicyclic amines) is 1. The van der Waals surface area contributed by atoms with Gasteiger partial charge in [-0.05, 0) is 18.6 Å². The van der Waals surface area contributed by atoms with Crippen molar-refractivity contribution in [2.24, 2.45) is 5.92 Å². The van der Waals surface area contributed by atoms with Gasteiger partial charge in [-0.3, -0.25) is 9.59 Å². The van der Waals surface area contributed by atoms with Gasteiger partial charge in [0.1, 0.15) is 0 Å². The second-order valence-corrected chi connectivity index (χ2v) is 5.60. The molecule has 0 aliphatic carbocycles. The molecule has 2 amide bonds. The van der Waals surface area contributed by atoms with Crippen LogP contribution in [0.2, 0.25) is 10.0 Å². The van der Waals surface area contributed by atoms with Crippen LogP contribution in [0.3, 0.4) is 0 Å². The van der Waals surface area contributed by atoms with E-state index in [1.165, 1.54) is 12.1 Å². The number of halogens is 2. The van der Waals surface area contributed by atoms with E-state index in [1.807, 2.05) is 0 Å². The molecule has 1 heterocycles. The van der Waals surface area contributed by atoms with E-state index < -0.39 is 0 Å². The minimum Gasteiger partial charge on any atom is -0.505 e. The van der Waals surface area contributed by atoms with Crippen LogP contribution >= 0.6 is 23.2 Å². The summed E-state index contributed by atoms with van der Waals surface area (Å²) < 4.78 is 0. The molecule has 0 aromatic heterocycles. The van der Waals surface area contributed by atoms with Crippen LogP contribution in [0.5, 0.6) is 5.75 Å². The lowest BCUT2D eigenvalue weighted by molar-refractivity contribution is -0.137. The Labute approximate surface area is 126 Å². The van der Waals surface area contributed by atoms with Crippen LogP contribution in [-0.2, 0) is 9.59 Å². The number of aromatic hydroxyl groups is 1. The Bertz CT molecular complexity index is 540. The van der Waals surface area contributed by atoms with Crippen molar-refractivity contribution in [3.05, 3.63) is 22.2 Å². The normalized spacial score (nSPS) is 19.1. The Kier molecular flexibility index (Phi) is 4.40. The quantitative estimate of drug-likeness (QED) is 0.824. The smallest absolute Gasteiger partial charge is 0.228 e. The Morgan fingerprint density at radius 2 is 2.00 bits per heavy atom. The van der Waals surface area contributed by atoms with E-state index in [2.05, 4.69) is 5.32 Å². The van der Waals surface area contributed by atoms with E-state index in [-0.39, 0.29) is 39.9 Å². The van der Waals surface area contributed by atoms with Crippen molar-refractivity contribution in [3.63, 3.8) is 0 Å². The van der Waals surface area contributed by atoms with Crippen LogP contribution in [0.15, 0.2) is 12.1 Å². The highest BCUT2D eigenvalue weighted by molar-refractivity contribution is 6.37. The number of phenols is 1. The molecule has 7 heteroatoms. The zero-order valence-corrected chi connectivity index (χ0v) is 12.3. The van der Waals surface area contributed by atoms with Crippen molar-refractivity contribution in [3.8, 4) is 5.75 Å². The third-order valence-corrected chi connectivity index (χ3v) is 3.89. The van der Waals surface area contributed by atoms with Gasteiger partial charge in [-0.1, -0.05) is 23.2 Å². The lowest BCUT2D eigenvalue weighted by Gasteiger charge is -2.27. The highest BCUT2D eigenvalue weighted by Crippen LogP contribution is 2.35. The first-order valence-corrected chi connectivity index (χ1v) is 6.87. The van der Waals surface area contributed by atoms with Gasteiger partial charge in [-0.15, -0.1) is 0 Å². The summed E-state index contributed by atoms with van der Waals surface area (Å²) in [7, 11) is 1.72. The fourth-order valence-corrected chi connectivity index (χ4v) is 2.54. The van der Waals surface area contributed by atoms with Crippen LogP contribution in [0.1, 0.15) is 12.8 Å². The molecule has 1 saturated heterocycles. The second kappa shape index (κ2) is 5.89. The molecular weight excluding hydrogens is 303 g/mol. The van der Waals surface area contributed by atoms with E-state index in [4.69, 9.17) is 23.2 Å². The molecule has 0 bridgehead atoms.